The van der Waals surface area contributed by atoms with Crippen LogP contribution in [-0.4, -0.2) is 31.1 Å². The summed E-state index contributed by atoms with van der Waals surface area (Å²) < 4.78 is 5.15. The molecule has 0 amide bonds. The third-order valence-corrected chi connectivity index (χ3v) is 3.32. The van der Waals surface area contributed by atoms with E-state index in [1.165, 1.54) is 24.9 Å². The summed E-state index contributed by atoms with van der Waals surface area (Å²) in [5.41, 5.74) is 7.10. The van der Waals surface area contributed by atoms with E-state index < -0.39 is 0 Å². The van der Waals surface area contributed by atoms with Crippen molar-refractivity contribution >= 4 is 12.4 Å². The van der Waals surface area contributed by atoms with Gasteiger partial charge >= 0.3 is 0 Å². The van der Waals surface area contributed by atoms with Crippen molar-refractivity contribution in [2.24, 2.45) is 5.73 Å². The maximum absolute atomic E-state index is 5.76. The number of rotatable bonds is 4. The van der Waals surface area contributed by atoms with Gasteiger partial charge in [-0.3, -0.25) is 4.90 Å². The second kappa shape index (κ2) is 6.84. The van der Waals surface area contributed by atoms with Crippen molar-refractivity contribution in [3.63, 3.8) is 0 Å². The number of ether oxygens (including phenoxy) is 1. The fourth-order valence-electron chi connectivity index (χ4n) is 2.34. The fourth-order valence-corrected chi connectivity index (χ4v) is 2.34. The Morgan fingerprint density at radius 3 is 2.65 bits per heavy atom. The number of halogens is 1. The number of hydrogen-bond donors (Lipinski definition) is 1. The molecule has 1 aliphatic rings. The molecule has 3 nitrogen and oxygen atoms in total. The standard InChI is InChI=1S/C13H20N2O.ClH/c1-16-13-6-4-11(5-7-13)10-15-8-2-3-12(15)9-14;/h4-7,12H,2-3,8-10,14H2,1H3;1H. The van der Waals surface area contributed by atoms with Crippen LogP contribution in [0.4, 0.5) is 0 Å². The van der Waals surface area contributed by atoms with E-state index in [2.05, 4.69) is 17.0 Å². The van der Waals surface area contributed by atoms with Crippen molar-refractivity contribution in [2.75, 3.05) is 20.2 Å². The normalized spacial score (nSPS) is 20.0. The van der Waals surface area contributed by atoms with Crippen molar-refractivity contribution in [2.45, 2.75) is 25.4 Å². The quantitative estimate of drug-likeness (QED) is 0.896. The van der Waals surface area contributed by atoms with E-state index in [1.54, 1.807) is 7.11 Å². The molecule has 17 heavy (non-hydrogen) atoms. The molecule has 0 aromatic heterocycles. The predicted octanol–water partition coefficient (Wildman–Crippen LogP) is 2.04. The minimum Gasteiger partial charge on any atom is -0.497 e. The molecule has 0 bridgehead atoms. The summed E-state index contributed by atoms with van der Waals surface area (Å²) in [5, 5.41) is 0. The van der Waals surface area contributed by atoms with Gasteiger partial charge in [-0.15, -0.1) is 12.4 Å². The molecule has 1 aromatic rings. The van der Waals surface area contributed by atoms with Crippen molar-refractivity contribution in [3.05, 3.63) is 29.8 Å². The van der Waals surface area contributed by atoms with E-state index in [0.717, 1.165) is 18.8 Å². The number of likely N-dealkylation sites (tertiary alicyclic amines) is 1. The van der Waals surface area contributed by atoms with Gasteiger partial charge in [-0.2, -0.15) is 0 Å². The molecule has 0 aliphatic carbocycles. The number of nitrogens with two attached hydrogens (primary N) is 1. The second-order valence-electron chi connectivity index (χ2n) is 4.35. The monoisotopic (exact) mass is 256 g/mol. The molecule has 1 atom stereocenters. The van der Waals surface area contributed by atoms with Gasteiger partial charge in [0.25, 0.3) is 0 Å². The highest BCUT2D eigenvalue weighted by molar-refractivity contribution is 5.85. The number of hydrogen-bond acceptors (Lipinski definition) is 3. The SMILES string of the molecule is COc1ccc(CN2CCCC2CN)cc1.Cl. The Morgan fingerprint density at radius 1 is 1.35 bits per heavy atom. The van der Waals surface area contributed by atoms with E-state index in [9.17, 15) is 0 Å². The molecular weight excluding hydrogens is 236 g/mol. The van der Waals surface area contributed by atoms with Crippen LogP contribution < -0.4 is 10.5 Å². The van der Waals surface area contributed by atoms with Gasteiger partial charge < -0.3 is 10.5 Å². The molecule has 2 N–H and O–H groups in total. The lowest BCUT2D eigenvalue weighted by atomic mass is 10.2. The second-order valence-corrected chi connectivity index (χ2v) is 4.35. The zero-order valence-electron chi connectivity index (χ0n) is 10.3. The van der Waals surface area contributed by atoms with Crippen LogP contribution in [0.2, 0.25) is 0 Å². The third-order valence-electron chi connectivity index (χ3n) is 3.32. The average molecular weight is 257 g/mol. The van der Waals surface area contributed by atoms with Gasteiger partial charge in [0.1, 0.15) is 5.75 Å². The van der Waals surface area contributed by atoms with Gasteiger partial charge in [0.05, 0.1) is 7.11 Å². The van der Waals surface area contributed by atoms with Crippen molar-refractivity contribution < 1.29 is 4.74 Å². The van der Waals surface area contributed by atoms with E-state index in [0.29, 0.717) is 6.04 Å². The lowest BCUT2D eigenvalue weighted by Gasteiger charge is -2.23. The Balaban J connectivity index is 0.00000144. The highest BCUT2D eigenvalue weighted by Crippen LogP contribution is 2.20. The molecule has 0 saturated carbocycles. The Hall–Kier alpha value is -0.770. The highest BCUT2D eigenvalue weighted by Gasteiger charge is 2.22. The summed E-state index contributed by atoms with van der Waals surface area (Å²) in [5.74, 6) is 0.917. The molecule has 96 valence electrons. The minimum absolute atomic E-state index is 0. The number of methoxy groups -OCH3 is 1. The lowest BCUT2D eigenvalue weighted by Crippen LogP contribution is -2.34. The van der Waals surface area contributed by atoms with E-state index >= 15 is 0 Å². The summed E-state index contributed by atoms with van der Waals surface area (Å²) in [4.78, 5) is 2.47. The molecule has 1 fully saturated rings. The van der Waals surface area contributed by atoms with Crippen molar-refractivity contribution in [1.29, 1.82) is 0 Å². The molecule has 1 aliphatic heterocycles. The van der Waals surface area contributed by atoms with Crippen LogP contribution in [0.1, 0.15) is 18.4 Å². The Bertz CT molecular complexity index is 329. The molecule has 0 radical (unpaired) electrons. The molecule has 1 saturated heterocycles. The summed E-state index contributed by atoms with van der Waals surface area (Å²) >= 11 is 0. The van der Waals surface area contributed by atoms with E-state index in [4.69, 9.17) is 10.5 Å². The third kappa shape index (κ3) is 3.60. The van der Waals surface area contributed by atoms with Gasteiger partial charge in [-0.1, -0.05) is 12.1 Å². The van der Waals surface area contributed by atoms with Crippen LogP contribution in [-0.2, 0) is 6.54 Å². The fraction of sp³-hybridized carbons (Fsp3) is 0.538. The first-order chi connectivity index (χ1) is 7.83. The molecule has 0 spiro atoms. The highest BCUT2D eigenvalue weighted by atomic mass is 35.5. The summed E-state index contributed by atoms with van der Waals surface area (Å²) in [6.45, 7) is 2.95. The topological polar surface area (TPSA) is 38.5 Å². The Labute approximate surface area is 109 Å². The maximum Gasteiger partial charge on any atom is 0.118 e. The molecular formula is C13H21ClN2O. The largest absolute Gasteiger partial charge is 0.497 e. The molecule has 2 rings (SSSR count). The minimum atomic E-state index is 0. The van der Waals surface area contributed by atoms with Gasteiger partial charge in [0, 0.05) is 19.1 Å². The van der Waals surface area contributed by atoms with Crippen molar-refractivity contribution in [3.8, 4) is 5.75 Å². The van der Waals surface area contributed by atoms with Crippen LogP contribution in [0, 0.1) is 0 Å². The van der Waals surface area contributed by atoms with Gasteiger partial charge in [-0.25, -0.2) is 0 Å². The number of nitrogens with zero attached hydrogens (tertiary/aromatic N) is 1. The first-order valence-electron chi connectivity index (χ1n) is 5.90. The average Bonchev–Trinajstić information content (AvgIpc) is 2.77. The molecule has 1 heterocycles. The van der Waals surface area contributed by atoms with Crippen LogP contribution >= 0.6 is 12.4 Å². The van der Waals surface area contributed by atoms with Crippen LogP contribution in [0.3, 0.4) is 0 Å². The van der Waals surface area contributed by atoms with Crippen LogP contribution in [0.15, 0.2) is 24.3 Å². The first kappa shape index (κ1) is 14.3. The van der Waals surface area contributed by atoms with Crippen LogP contribution in [0.5, 0.6) is 5.75 Å². The summed E-state index contributed by atoms with van der Waals surface area (Å²) in [6.07, 6.45) is 2.52. The molecule has 4 heteroatoms. The lowest BCUT2D eigenvalue weighted by molar-refractivity contribution is 0.250. The maximum atomic E-state index is 5.76. The molecule has 1 aromatic carbocycles. The van der Waals surface area contributed by atoms with E-state index in [1.807, 2.05) is 12.1 Å². The van der Waals surface area contributed by atoms with Crippen LogP contribution in [0.25, 0.3) is 0 Å². The van der Waals surface area contributed by atoms with Gasteiger partial charge in [0.2, 0.25) is 0 Å². The summed E-state index contributed by atoms with van der Waals surface area (Å²) in [7, 11) is 1.69. The van der Waals surface area contributed by atoms with E-state index in [-0.39, 0.29) is 12.4 Å². The summed E-state index contributed by atoms with van der Waals surface area (Å²) in [6, 6.07) is 8.86. The smallest absolute Gasteiger partial charge is 0.118 e. The molecule has 1 unspecified atom stereocenters. The Morgan fingerprint density at radius 2 is 2.06 bits per heavy atom. The zero-order chi connectivity index (χ0) is 11.4. The van der Waals surface area contributed by atoms with Gasteiger partial charge in [0.15, 0.2) is 0 Å². The van der Waals surface area contributed by atoms with Crippen molar-refractivity contribution in [1.82, 2.24) is 4.90 Å². The van der Waals surface area contributed by atoms with Gasteiger partial charge in [-0.05, 0) is 37.1 Å². The first-order valence-corrected chi connectivity index (χ1v) is 5.90. The Kier molecular flexibility index (Phi) is 5.75. The number of benzene rings is 1. The zero-order valence-corrected chi connectivity index (χ0v) is 11.1. The predicted molar refractivity (Wildman–Crippen MR) is 72.7 cm³/mol.